The summed E-state index contributed by atoms with van der Waals surface area (Å²) in [4.78, 5) is 24.7. The highest BCUT2D eigenvalue weighted by Gasteiger charge is 2.30. The van der Waals surface area contributed by atoms with Crippen LogP contribution < -0.4 is 4.90 Å². The fourth-order valence-electron chi connectivity index (χ4n) is 2.50. The third-order valence-corrected chi connectivity index (χ3v) is 5.50. The third kappa shape index (κ3) is 3.60. The maximum atomic E-state index is 12.2. The number of anilines is 1. The zero-order valence-electron chi connectivity index (χ0n) is 11.7. The monoisotopic (exact) mass is 311 g/mol. The predicted molar refractivity (Wildman–Crippen MR) is 78.2 cm³/mol. The number of benzene rings is 1. The van der Waals surface area contributed by atoms with E-state index in [1.807, 2.05) is 0 Å². The van der Waals surface area contributed by atoms with E-state index in [0.29, 0.717) is 12.1 Å². The minimum Gasteiger partial charge on any atom is -0.478 e. The molecule has 0 aromatic heterocycles. The molecular formula is C14H17NO5S. The summed E-state index contributed by atoms with van der Waals surface area (Å²) in [7, 11) is -1.51. The maximum absolute atomic E-state index is 12.2. The van der Waals surface area contributed by atoms with E-state index in [1.165, 1.54) is 18.0 Å². The molecule has 1 N–H and O–H groups in total. The van der Waals surface area contributed by atoms with Crippen molar-refractivity contribution in [1.29, 1.82) is 0 Å². The van der Waals surface area contributed by atoms with Gasteiger partial charge in [-0.1, -0.05) is 12.1 Å². The van der Waals surface area contributed by atoms with Crippen molar-refractivity contribution >= 4 is 27.4 Å². The minimum atomic E-state index is -3.02. The normalized spacial score (nSPS) is 20.1. The molecule has 1 aromatic carbocycles. The molecule has 0 bridgehead atoms. The lowest BCUT2D eigenvalue weighted by molar-refractivity contribution is -0.119. The first-order valence-corrected chi connectivity index (χ1v) is 8.41. The smallest absolute Gasteiger partial charge is 0.337 e. The number of rotatable bonds is 4. The van der Waals surface area contributed by atoms with Crippen LogP contribution in [0.1, 0.15) is 23.2 Å². The Labute approximate surface area is 123 Å². The molecule has 7 heteroatoms. The van der Waals surface area contributed by atoms with Gasteiger partial charge in [-0.15, -0.1) is 0 Å². The molecule has 2 rings (SSSR count). The number of amides is 1. The van der Waals surface area contributed by atoms with E-state index < -0.39 is 15.8 Å². The zero-order valence-corrected chi connectivity index (χ0v) is 12.5. The van der Waals surface area contributed by atoms with Crippen molar-refractivity contribution in [2.24, 2.45) is 5.92 Å². The number of hydrogen-bond acceptors (Lipinski definition) is 4. The van der Waals surface area contributed by atoms with Crippen molar-refractivity contribution < 1.29 is 23.1 Å². The maximum Gasteiger partial charge on any atom is 0.337 e. The standard InChI is InChI=1S/C14H17NO5S/c1-15(12-5-3-2-4-11(12)14(17)18)13(16)8-10-6-7-21(19,20)9-10/h2-5,10H,6-9H2,1H3,(H,17,18). The Balaban J connectivity index is 2.12. The molecule has 1 aliphatic heterocycles. The van der Waals surface area contributed by atoms with E-state index in [1.54, 1.807) is 18.2 Å². The summed E-state index contributed by atoms with van der Waals surface area (Å²) in [5.74, 6) is -1.39. The Bertz CT molecular complexity index is 668. The molecule has 0 radical (unpaired) electrons. The molecule has 1 aromatic rings. The third-order valence-electron chi connectivity index (χ3n) is 3.66. The minimum absolute atomic E-state index is 0.0349. The molecular weight excluding hydrogens is 294 g/mol. The van der Waals surface area contributed by atoms with Gasteiger partial charge in [-0.3, -0.25) is 4.79 Å². The summed E-state index contributed by atoms with van der Waals surface area (Å²) in [5.41, 5.74) is 0.364. The van der Waals surface area contributed by atoms with Crippen LogP contribution in [0.25, 0.3) is 0 Å². The second-order valence-corrected chi connectivity index (χ2v) is 7.48. The number of nitrogens with zero attached hydrogens (tertiary/aromatic N) is 1. The summed E-state index contributed by atoms with van der Waals surface area (Å²) in [6.45, 7) is 0. The Hall–Kier alpha value is -1.89. The number of carbonyl (C=O) groups is 2. The lowest BCUT2D eigenvalue weighted by Gasteiger charge is -2.20. The number of para-hydroxylation sites is 1. The molecule has 0 spiro atoms. The zero-order chi connectivity index (χ0) is 15.6. The van der Waals surface area contributed by atoms with E-state index in [-0.39, 0.29) is 35.3 Å². The number of sulfone groups is 1. The van der Waals surface area contributed by atoms with Gasteiger partial charge in [0.05, 0.1) is 22.8 Å². The van der Waals surface area contributed by atoms with Crippen LogP contribution in [0.3, 0.4) is 0 Å². The molecule has 1 saturated heterocycles. The number of aromatic carboxylic acids is 1. The van der Waals surface area contributed by atoms with Crippen LogP contribution in [0.2, 0.25) is 0 Å². The topological polar surface area (TPSA) is 91.8 Å². The van der Waals surface area contributed by atoms with Gasteiger partial charge in [-0.25, -0.2) is 13.2 Å². The fourth-order valence-corrected chi connectivity index (χ4v) is 4.36. The Morgan fingerprint density at radius 2 is 2.00 bits per heavy atom. The van der Waals surface area contributed by atoms with Crippen LogP contribution in [0.15, 0.2) is 24.3 Å². The second-order valence-electron chi connectivity index (χ2n) is 5.25. The van der Waals surface area contributed by atoms with Crippen LogP contribution >= 0.6 is 0 Å². The van der Waals surface area contributed by atoms with Crippen LogP contribution in [0.5, 0.6) is 0 Å². The summed E-state index contributed by atoms with van der Waals surface area (Å²) in [6.07, 6.45) is 0.603. The van der Waals surface area contributed by atoms with Crippen molar-refractivity contribution in [2.45, 2.75) is 12.8 Å². The van der Waals surface area contributed by atoms with Crippen LogP contribution in [0.4, 0.5) is 5.69 Å². The van der Waals surface area contributed by atoms with Crippen LogP contribution in [-0.2, 0) is 14.6 Å². The lowest BCUT2D eigenvalue weighted by atomic mass is 10.0. The molecule has 1 aliphatic rings. The van der Waals surface area contributed by atoms with Gasteiger partial charge in [0.2, 0.25) is 5.91 Å². The number of carboxylic acid groups (broad SMARTS) is 1. The number of carboxylic acids is 1. The van der Waals surface area contributed by atoms with Gasteiger partial charge in [0.25, 0.3) is 0 Å². The van der Waals surface area contributed by atoms with Crippen molar-refractivity contribution in [3.05, 3.63) is 29.8 Å². The van der Waals surface area contributed by atoms with Gasteiger partial charge in [0.1, 0.15) is 0 Å². The van der Waals surface area contributed by atoms with Crippen molar-refractivity contribution in [3.8, 4) is 0 Å². The molecule has 1 atom stereocenters. The average Bonchev–Trinajstić information content (AvgIpc) is 2.76. The molecule has 0 saturated carbocycles. The van der Waals surface area contributed by atoms with Gasteiger partial charge in [0.15, 0.2) is 9.84 Å². The van der Waals surface area contributed by atoms with Gasteiger partial charge in [0, 0.05) is 13.5 Å². The molecule has 1 amide bonds. The summed E-state index contributed by atoms with van der Waals surface area (Å²) >= 11 is 0. The molecule has 0 aliphatic carbocycles. The molecule has 21 heavy (non-hydrogen) atoms. The van der Waals surface area contributed by atoms with E-state index in [2.05, 4.69) is 0 Å². The van der Waals surface area contributed by atoms with E-state index >= 15 is 0 Å². The van der Waals surface area contributed by atoms with E-state index in [0.717, 1.165) is 0 Å². The number of carbonyl (C=O) groups excluding carboxylic acids is 1. The molecule has 1 heterocycles. The van der Waals surface area contributed by atoms with Crippen molar-refractivity contribution in [3.63, 3.8) is 0 Å². The second kappa shape index (κ2) is 5.85. The average molecular weight is 311 g/mol. The highest BCUT2D eigenvalue weighted by atomic mass is 32.2. The van der Waals surface area contributed by atoms with Gasteiger partial charge in [-0.2, -0.15) is 0 Å². The summed E-state index contributed by atoms with van der Waals surface area (Å²) in [5, 5.41) is 9.13. The van der Waals surface area contributed by atoms with Gasteiger partial charge in [-0.05, 0) is 24.5 Å². The summed E-state index contributed by atoms with van der Waals surface area (Å²) in [6, 6.07) is 6.24. The molecule has 1 fully saturated rings. The first kappa shape index (κ1) is 15.5. The highest BCUT2D eigenvalue weighted by Crippen LogP contribution is 2.25. The fraction of sp³-hybridized carbons (Fsp3) is 0.429. The SMILES string of the molecule is CN(C(=O)CC1CCS(=O)(=O)C1)c1ccccc1C(=O)O. The molecule has 1 unspecified atom stereocenters. The lowest BCUT2D eigenvalue weighted by Crippen LogP contribution is -2.29. The Morgan fingerprint density at radius 3 is 2.57 bits per heavy atom. The van der Waals surface area contributed by atoms with Crippen LogP contribution in [0, 0.1) is 5.92 Å². The Morgan fingerprint density at radius 1 is 1.33 bits per heavy atom. The largest absolute Gasteiger partial charge is 0.478 e. The quantitative estimate of drug-likeness (QED) is 0.901. The van der Waals surface area contributed by atoms with E-state index in [9.17, 15) is 18.0 Å². The summed E-state index contributed by atoms with van der Waals surface area (Å²) < 4.78 is 22.8. The van der Waals surface area contributed by atoms with Crippen molar-refractivity contribution in [1.82, 2.24) is 0 Å². The van der Waals surface area contributed by atoms with Crippen LogP contribution in [-0.4, -0.2) is 44.0 Å². The predicted octanol–water partition coefficient (Wildman–Crippen LogP) is 1.17. The highest BCUT2D eigenvalue weighted by molar-refractivity contribution is 7.91. The molecule has 6 nitrogen and oxygen atoms in total. The van der Waals surface area contributed by atoms with Crippen molar-refractivity contribution in [2.75, 3.05) is 23.5 Å². The van der Waals surface area contributed by atoms with E-state index in [4.69, 9.17) is 5.11 Å². The first-order chi connectivity index (χ1) is 9.80. The molecule has 114 valence electrons. The van der Waals surface area contributed by atoms with Gasteiger partial charge < -0.3 is 10.0 Å². The number of hydrogen-bond donors (Lipinski definition) is 1. The first-order valence-electron chi connectivity index (χ1n) is 6.59. The Kier molecular flexibility index (Phi) is 4.32. The van der Waals surface area contributed by atoms with Gasteiger partial charge >= 0.3 is 5.97 Å².